The maximum Gasteiger partial charge on any atom is 0.410 e. The molecule has 9 nitrogen and oxygen atoms in total. The number of piperazine rings is 1. The van der Waals surface area contributed by atoms with Gasteiger partial charge in [0.1, 0.15) is 22.9 Å². The molecule has 6 aromatic rings. The molecule has 0 radical (unpaired) electrons. The summed E-state index contributed by atoms with van der Waals surface area (Å²) >= 11 is 0. The number of carbonyl (C=O) groups excluding carboxylic acids is 2. The second-order valence-corrected chi connectivity index (χ2v) is 14.9. The number of carbonyl (C=O) groups is 2. The molecule has 0 saturated carbocycles. The van der Waals surface area contributed by atoms with Gasteiger partial charge in [-0.1, -0.05) is 72.8 Å². The Kier molecular flexibility index (Phi) is 12.5. The summed E-state index contributed by atoms with van der Waals surface area (Å²) in [5.74, 6) is -0.495. The average Bonchev–Trinajstić information content (AvgIpc) is 3.88. The van der Waals surface area contributed by atoms with Crippen molar-refractivity contribution in [2.75, 3.05) is 26.2 Å². The van der Waals surface area contributed by atoms with Gasteiger partial charge < -0.3 is 18.8 Å². The fraction of sp³-hybridized carbons (Fsp3) is 0.289. The van der Waals surface area contributed by atoms with Crippen molar-refractivity contribution in [1.82, 2.24) is 28.9 Å². The number of amides is 1. The number of nitrogens with zero attached hydrogens (tertiary/aromatic N) is 6. The van der Waals surface area contributed by atoms with E-state index in [9.17, 15) is 18.4 Å². The zero-order chi connectivity index (χ0) is 39.8. The first-order valence-electron chi connectivity index (χ1n) is 18.8. The minimum atomic E-state index is -0.485. The van der Waals surface area contributed by atoms with Crippen LogP contribution >= 0.6 is 0 Å². The molecule has 1 aliphatic rings. The van der Waals surface area contributed by atoms with Crippen molar-refractivity contribution in [2.24, 2.45) is 0 Å². The second-order valence-electron chi connectivity index (χ2n) is 14.9. The average molecular weight is 759 g/mol. The van der Waals surface area contributed by atoms with E-state index in [1.807, 2.05) is 93.3 Å². The summed E-state index contributed by atoms with van der Waals surface area (Å²) < 4.78 is 36.1. The van der Waals surface area contributed by atoms with Gasteiger partial charge >= 0.3 is 6.09 Å². The van der Waals surface area contributed by atoms with Crippen molar-refractivity contribution in [2.45, 2.75) is 58.8 Å². The van der Waals surface area contributed by atoms with Gasteiger partial charge in [0.2, 0.25) is 0 Å². The molecule has 7 rings (SSSR count). The highest BCUT2D eigenvalue weighted by molar-refractivity contribution is 5.73. The quantitative estimate of drug-likeness (QED) is 0.137. The lowest BCUT2D eigenvalue weighted by molar-refractivity contribution is 0.0137. The molecule has 11 heteroatoms. The number of ether oxygens (including phenoxy) is 1. The largest absolute Gasteiger partial charge is 0.444 e. The third-order valence-electron chi connectivity index (χ3n) is 9.94. The number of aldehydes is 1. The van der Waals surface area contributed by atoms with Crippen molar-refractivity contribution in [1.29, 1.82) is 0 Å². The van der Waals surface area contributed by atoms with Gasteiger partial charge in [0.25, 0.3) is 0 Å². The highest BCUT2D eigenvalue weighted by atomic mass is 19.1. The fourth-order valence-electron chi connectivity index (χ4n) is 6.98. The van der Waals surface area contributed by atoms with Crippen LogP contribution in [0.25, 0.3) is 22.3 Å². The number of benzene rings is 4. The van der Waals surface area contributed by atoms with Crippen LogP contribution in [-0.4, -0.2) is 73.1 Å². The molecule has 2 unspecified atom stereocenters. The molecular weight excluding hydrogens is 711 g/mol. The minimum Gasteiger partial charge on any atom is -0.444 e. The van der Waals surface area contributed by atoms with Crippen LogP contribution < -0.4 is 0 Å². The monoisotopic (exact) mass is 758 g/mol. The minimum absolute atomic E-state index is 0.0519. The first kappa shape index (κ1) is 39.7. The van der Waals surface area contributed by atoms with Gasteiger partial charge in [-0.05, 0) is 92.3 Å². The molecule has 0 N–H and O–H groups in total. The lowest BCUT2D eigenvalue weighted by Gasteiger charge is -2.35. The van der Waals surface area contributed by atoms with Crippen LogP contribution in [0.15, 0.2) is 122 Å². The maximum atomic E-state index is 13.5. The lowest BCUT2D eigenvalue weighted by atomic mass is 9.95. The molecule has 1 saturated heterocycles. The van der Waals surface area contributed by atoms with E-state index in [1.54, 1.807) is 29.6 Å². The topological polar surface area (TPSA) is 85.5 Å². The second kappa shape index (κ2) is 17.7. The van der Waals surface area contributed by atoms with Crippen LogP contribution in [0.2, 0.25) is 0 Å². The summed E-state index contributed by atoms with van der Waals surface area (Å²) in [7, 11) is 0. The van der Waals surface area contributed by atoms with E-state index in [1.165, 1.54) is 24.3 Å². The molecular formula is C45H48F2N6O3. The van der Waals surface area contributed by atoms with E-state index in [4.69, 9.17) is 4.74 Å². The van der Waals surface area contributed by atoms with E-state index in [2.05, 4.69) is 38.5 Å². The third-order valence-corrected chi connectivity index (χ3v) is 9.94. The Morgan fingerprint density at radius 3 is 1.71 bits per heavy atom. The Morgan fingerprint density at radius 2 is 1.20 bits per heavy atom. The van der Waals surface area contributed by atoms with E-state index >= 15 is 0 Å². The molecule has 2 atom stereocenters. The van der Waals surface area contributed by atoms with Crippen molar-refractivity contribution in [3.8, 4) is 22.3 Å². The molecule has 0 aliphatic carbocycles. The first-order valence-corrected chi connectivity index (χ1v) is 18.8. The van der Waals surface area contributed by atoms with Crippen LogP contribution in [0.4, 0.5) is 13.6 Å². The number of rotatable bonds is 9. The van der Waals surface area contributed by atoms with Gasteiger partial charge in [0.15, 0.2) is 6.29 Å². The molecule has 4 aromatic carbocycles. The van der Waals surface area contributed by atoms with Crippen LogP contribution in [-0.2, 0) is 11.3 Å². The molecule has 290 valence electrons. The molecule has 0 bridgehead atoms. The molecule has 1 aliphatic heterocycles. The van der Waals surface area contributed by atoms with Crippen molar-refractivity contribution >= 4 is 12.4 Å². The predicted octanol–water partition coefficient (Wildman–Crippen LogP) is 9.46. The van der Waals surface area contributed by atoms with Crippen LogP contribution in [0.1, 0.15) is 74.0 Å². The van der Waals surface area contributed by atoms with Gasteiger partial charge in [-0.25, -0.2) is 23.5 Å². The predicted molar refractivity (Wildman–Crippen MR) is 214 cm³/mol. The molecule has 1 fully saturated rings. The Morgan fingerprint density at radius 1 is 0.714 bits per heavy atom. The van der Waals surface area contributed by atoms with Gasteiger partial charge in [-0.3, -0.25) is 9.69 Å². The Hall–Kier alpha value is -5.94. The molecule has 56 heavy (non-hydrogen) atoms. The number of halogens is 2. The SMILES string of the molecule is CC(c1ccccc1-c1ccc(F)cc1)n1cncc1C=O.CC(c1ccccc1-c1ccc(F)cc1)n1cncc1CN1CCN(C(=O)OC(C)(C)C)CC1. The zero-order valence-electron chi connectivity index (χ0n) is 32.5. The summed E-state index contributed by atoms with van der Waals surface area (Å²) in [6, 6.07) is 29.2. The third kappa shape index (κ3) is 9.64. The highest BCUT2D eigenvalue weighted by Gasteiger charge is 2.27. The van der Waals surface area contributed by atoms with E-state index in [0.717, 1.165) is 65.0 Å². The Balaban J connectivity index is 0.000000208. The summed E-state index contributed by atoms with van der Waals surface area (Å²) in [4.78, 5) is 36.1. The standard InChI is InChI=1S/C27H33FN4O2.C18H15FN2O/c1-20(24-7-5-6-8-25(24)21-9-11-22(28)12-10-21)32-19-29-17-23(32)18-30-13-15-31(16-14-30)26(33)34-27(2,3)4;1-13(21-12-20-10-16(21)11-22)17-4-2-3-5-18(17)14-6-8-15(19)9-7-14/h5-12,17,19-20H,13-16,18H2,1-4H3;2-13H,1H3. The van der Waals surface area contributed by atoms with E-state index in [0.29, 0.717) is 18.8 Å². The molecule has 2 aromatic heterocycles. The van der Waals surface area contributed by atoms with Crippen molar-refractivity contribution in [3.05, 3.63) is 156 Å². The zero-order valence-corrected chi connectivity index (χ0v) is 32.5. The van der Waals surface area contributed by atoms with E-state index in [-0.39, 0.29) is 29.8 Å². The Bertz CT molecular complexity index is 2220. The van der Waals surface area contributed by atoms with Gasteiger partial charge in [-0.15, -0.1) is 0 Å². The summed E-state index contributed by atoms with van der Waals surface area (Å²) in [5, 5.41) is 0. The lowest BCUT2D eigenvalue weighted by Crippen LogP contribution is -2.49. The number of imidazole rings is 2. The summed E-state index contributed by atoms with van der Waals surface area (Å²) in [6.07, 6.45) is 7.53. The highest BCUT2D eigenvalue weighted by Crippen LogP contribution is 2.32. The van der Waals surface area contributed by atoms with Crippen LogP contribution in [0.5, 0.6) is 0 Å². The normalized spacial score (nSPS) is 14.4. The van der Waals surface area contributed by atoms with Gasteiger partial charge in [-0.2, -0.15) is 0 Å². The van der Waals surface area contributed by atoms with Gasteiger partial charge in [0, 0.05) is 38.9 Å². The van der Waals surface area contributed by atoms with Crippen LogP contribution in [0.3, 0.4) is 0 Å². The number of hydrogen-bond acceptors (Lipinski definition) is 6. The molecule has 0 spiro atoms. The van der Waals surface area contributed by atoms with Crippen LogP contribution in [0, 0.1) is 11.6 Å². The van der Waals surface area contributed by atoms with Gasteiger partial charge in [0.05, 0.1) is 36.6 Å². The Labute approximate surface area is 327 Å². The molecule has 1 amide bonds. The maximum absolute atomic E-state index is 13.5. The number of aromatic nitrogens is 4. The van der Waals surface area contributed by atoms with E-state index < -0.39 is 5.60 Å². The smallest absolute Gasteiger partial charge is 0.410 e. The number of hydrogen-bond donors (Lipinski definition) is 0. The molecule has 3 heterocycles. The van der Waals surface area contributed by atoms with Crippen molar-refractivity contribution < 1.29 is 23.1 Å². The summed E-state index contributed by atoms with van der Waals surface area (Å²) in [5.41, 5.74) is 7.40. The summed E-state index contributed by atoms with van der Waals surface area (Å²) in [6.45, 7) is 13.4. The van der Waals surface area contributed by atoms with Crippen molar-refractivity contribution in [3.63, 3.8) is 0 Å². The first-order chi connectivity index (χ1) is 26.9. The fourth-order valence-corrected chi connectivity index (χ4v) is 6.98.